The van der Waals surface area contributed by atoms with Crippen LogP contribution in [-0.2, 0) is 4.79 Å². The summed E-state index contributed by atoms with van der Waals surface area (Å²) in [5.41, 5.74) is 1.96. The number of hydrogen-bond donors (Lipinski definition) is 1. The molecule has 9 heteroatoms. The van der Waals surface area contributed by atoms with Crippen LogP contribution in [0.4, 0.5) is 10.2 Å². The number of aryl methyl sites for hydroxylation is 1. The minimum absolute atomic E-state index is 0.122. The largest absolute Gasteiger partial charge is 0.311 e. The number of amides is 1. The Morgan fingerprint density at radius 2 is 1.96 bits per heavy atom. The number of fused-ring (bicyclic) bond motifs is 1. The topological polar surface area (TPSA) is 90.5 Å². The third kappa shape index (κ3) is 3.03. The second kappa shape index (κ2) is 6.60. The molecule has 4 rings (SSSR count). The normalized spacial score (nSPS) is 11.1. The van der Waals surface area contributed by atoms with Crippen LogP contribution < -0.4 is 5.32 Å². The molecule has 8 nitrogen and oxygen atoms in total. The van der Waals surface area contributed by atoms with Crippen LogP contribution in [0.25, 0.3) is 22.5 Å². The summed E-state index contributed by atoms with van der Waals surface area (Å²) in [6.07, 6.45) is 3.38. The summed E-state index contributed by atoms with van der Waals surface area (Å²) in [5.74, 6) is 0.569. The summed E-state index contributed by atoms with van der Waals surface area (Å²) in [6.45, 7) is 3.61. The van der Waals surface area contributed by atoms with E-state index < -0.39 is 0 Å². The van der Waals surface area contributed by atoms with Crippen LogP contribution >= 0.6 is 0 Å². The quantitative estimate of drug-likeness (QED) is 0.600. The number of rotatable bonds is 4. The molecular weight excluding hydrogens is 349 g/mol. The van der Waals surface area contributed by atoms with Gasteiger partial charge in [-0.2, -0.15) is 14.9 Å². The number of hydrogen-bond acceptors (Lipinski definition) is 5. The number of anilines is 1. The van der Waals surface area contributed by atoms with E-state index in [2.05, 4.69) is 25.5 Å². The molecule has 0 aliphatic rings. The maximum absolute atomic E-state index is 13.2. The lowest BCUT2D eigenvalue weighted by molar-refractivity contribution is -0.115. The standard InChI is InChI=1S/C18H16FN7O/c1-3-16(27)23-15-8-11(2)24-26(15)18-14-9-22-25(17(14)20-10-21-18)13-6-4-12(19)5-7-13/h4-10H,3H2,1-2H3,(H,23,27). The Morgan fingerprint density at radius 1 is 1.19 bits per heavy atom. The van der Waals surface area contributed by atoms with Crippen molar-refractivity contribution in [3.05, 3.63) is 54.4 Å². The molecule has 0 saturated heterocycles. The van der Waals surface area contributed by atoms with Crippen LogP contribution in [0.15, 0.2) is 42.9 Å². The average Bonchev–Trinajstić information content (AvgIpc) is 3.25. The predicted octanol–water partition coefficient (Wildman–Crippen LogP) is 2.80. The Morgan fingerprint density at radius 3 is 2.70 bits per heavy atom. The third-order valence-corrected chi connectivity index (χ3v) is 4.04. The maximum atomic E-state index is 13.2. The summed E-state index contributed by atoms with van der Waals surface area (Å²) in [6, 6.07) is 7.73. The van der Waals surface area contributed by atoms with Gasteiger partial charge in [0, 0.05) is 12.5 Å². The molecular formula is C18H16FN7O. The lowest BCUT2D eigenvalue weighted by Crippen LogP contribution is -2.14. The Bertz CT molecular complexity index is 1130. The first kappa shape index (κ1) is 16.8. The van der Waals surface area contributed by atoms with Gasteiger partial charge in [0.1, 0.15) is 18.0 Å². The van der Waals surface area contributed by atoms with E-state index in [0.717, 1.165) is 5.69 Å². The SMILES string of the molecule is CCC(=O)Nc1cc(C)nn1-c1ncnc2c1cnn2-c1ccc(F)cc1. The monoisotopic (exact) mass is 365 g/mol. The van der Waals surface area contributed by atoms with Crippen LogP contribution in [0.2, 0.25) is 0 Å². The number of benzene rings is 1. The van der Waals surface area contributed by atoms with Gasteiger partial charge in [-0.25, -0.2) is 19.0 Å². The molecule has 0 saturated carbocycles. The van der Waals surface area contributed by atoms with Gasteiger partial charge in [-0.15, -0.1) is 0 Å². The van der Waals surface area contributed by atoms with Crippen LogP contribution in [-0.4, -0.2) is 35.4 Å². The van der Waals surface area contributed by atoms with Crippen molar-refractivity contribution >= 4 is 22.8 Å². The number of aromatic nitrogens is 6. The first-order chi connectivity index (χ1) is 13.1. The lowest BCUT2D eigenvalue weighted by Gasteiger charge is -2.08. The van der Waals surface area contributed by atoms with Gasteiger partial charge in [0.2, 0.25) is 5.91 Å². The molecule has 0 radical (unpaired) electrons. The molecule has 0 unspecified atom stereocenters. The van der Waals surface area contributed by atoms with Crippen molar-refractivity contribution in [2.24, 2.45) is 0 Å². The van der Waals surface area contributed by atoms with E-state index in [1.54, 1.807) is 40.7 Å². The highest BCUT2D eigenvalue weighted by Gasteiger charge is 2.17. The Labute approximate surface area is 153 Å². The fourth-order valence-corrected chi connectivity index (χ4v) is 2.75. The highest BCUT2D eigenvalue weighted by molar-refractivity contribution is 5.91. The van der Waals surface area contributed by atoms with Gasteiger partial charge >= 0.3 is 0 Å². The summed E-state index contributed by atoms with van der Waals surface area (Å²) in [7, 11) is 0. The summed E-state index contributed by atoms with van der Waals surface area (Å²) >= 11 is 0. The molecule has 1 amide bonds. The Hall–Kier alpha value is -3.62. The van der Waals surface area contributed by atoms with E-state index >= 15 is 0 Å². The number of carbonyl (C=O) groups is 1. The summed E-state index contributed by atoms with van der Waals surface area (Å²) in [4.78, 5) is 20.5. The van der Waals surface area contributed by atoms with Crippen molar-refractivity contribution in [3.8, 4) is 11.5 Å². The molecule has 1 N–H and O–H groups in total. The van der Waals surface area contributed by atoms with Gasteiger partial charge < -0.3 is 5.32 Å². The zero-order valence-electron chi connectivity index (χ0n) is 14.7. The Kier molecular flexibility index (Phi) is 4.11. The summed E-state index contributed by atoms with van der Waals surface area (Å²) in [5, 5.41) is 12.3. The number of carbonyl (C=O) groups excluding carboxylic acids is 1. The zero-order chi connectivity index (χ0) is 19.0. The molecule has 27 heavy (non-hydrogen) atoms. The van der Waals surface area contributed by atoms with Crippen molar-refractivity contribution in [2.45, 2.75) is 20.3 Å². The van der Waals surface area contributed by atoms with Gasteiger partial charge in [-0.1, -0.05) is 6.92 Å². The van der Waals surface area contributed by atoms with E-state index in [0.29, 0.717) is 34.8 Å². The van der Waals surface area contributed by atoms with Gasteiger partial charge in [0.15, 0.2) is 11.5 Å². The molecule has 1 aromatic carbocycles. The van der Waals surface area contributed by atoms with Gasteiger partial charge in [0.05, 0.1) is 23.0 Å². The minimum Gasteiger partial charge on any atom is -0.311 e. The van der Waals surface area contributed by atoms with E-state index in [9.17, 15) is 9.18 Å². The van der Waals surface area contributed by atoms with Crippen LogP contribution in [0.3, 0.4) is 0 Å². The van der Waals surface area contributed by atoms with E-state index in [1.807, 2.05) is 6.92 Å². The highest BCUT2D eigenvalue weighted by Crippen LogP contribution is 2.24. The second-order valence-corrected chi connectivity index (χ2v) is 5.95. The predicted molar refractivity (Wildman–Crippen MR) is 97.4 cm³/mol. The molecule has 136 valence electrons. The fourth-order valence-electron chi connectivity index (χ4n) is 2.75. The minimum atomic E-state index is -0.325. The maximum Gasteiger partial charge on any atom is 0.225 e. The van der Waals surface area contributed by atoms with Crippen molar-refractivity contribution in [1.29, 1.82) is 0 Å². The third-order valence-electron chi connectivity index (χ3n) is 4.04. The van der Waals surface area contributed by atoms with E-state index in [1.165, 1.54) is 18.5 Å². The molecule has 0 fully saturated rings. The number of nitrogens with zero attached hydrogens (tertiary/aromatic N) is 6. The van der Waals surface area contributed by atoms with Crippen molar-refractivity contribution in [2.75, 3.05) is 5.32 Å². The van der Waals surface area contributed by atoms with Crippen LogP contribution in [0.5, 0.6) is 0 Å². The molecule has 0 atom stereocenters. The zero-order valence-corrected chi connectivity index (χ0v) is 14.7. The smallest absolute Gasteiger partial charge is 0.225 e. The first-order valence-electron chi connectivity index (χ1n) is 8.38. The van der Waals surface area contributed by atoms with Crippen LogP contribution in [0, 0.1) is 12.7 Å². The summed E-state index contributed by atoms with van der Waals surface area (Å²) < 4.78 is 16.4. The molecule has 0 spiro atoms. The van der Waals surface area contributed by atoms with Gasteiger partial charge in [-0.3, -0.25) is 4.79 Å². The van der Waals surface area contributed by atoms with Gasteiger partial charge in [-0.05, 0) is 31.2 Å². The Balaban J connectivity index is 1.85. The molecule has 0 aliphatic heterocycles. The van der Waals surface area contributed by atoms with E-state index in [4.69, 9.17) is 0 Å². The second-order valence-electron chi connectivity index (χ2n) is 5.95. The fraction of sp³-hybridized carbons (Fsp3) is 0.167. The van der Waals surface area contributed by atoms with Crippen molar-refractivity contribution in [1.82, 2.24) is 29.5 Å². The lowest BCUT2D eigenvalue weighted by atomic mass is 10.3. The first-order valence-corrected chi connectivity index (χ1v) is 8.38. The van der Waals surface area contributed by atoms with Crippen molar-refractivity contribution in [3.63, 3.8) is 0 Å². The molecule has 0 bridgehead atoms. The number of nitrogens with one attached hydrogen (secondary N) is 1. The molecule has 3 aromatic heterocycles. The highest BCUT2D eigenvalue weighted by atomic mass is 19.1. The van der Waals surface area contributed by atoms with Crippen molar-refractivity contribution < 1.29 is 9.18 Å². The average molecular weight is 365 g/mol. The van der Waals surface area contributed by atoms with E-state index in [-0.39, 0.29) is 11.7 Å². The molecule has 0 aliphatic carbocycles. The van der Waals surface area contributed by atoms with Crippen LogP contribution in [0.1, 0.15) is 19.0 Å². The number of halogens is 1. The van der Waals surface area contributed by atoms with Gasteiger partial charge in [0.25, 0.3) is 0 Å². The molecule has 3 heterocycles. The molecule has 4 aromatic rings.